The minimum Gasteiger partial charge on any atom is -0.375 e. The Hall–Kier alpha value is -1.23. The number of fused-ring (bicyclic) bond motifs is 3. The van der Waals surface area contributed by atoms with Crippen molar-refractivity contribution in [1.29, 1.82) is 0 Å². The first-order valence-corrected chi connectivity index (χ1v) is 7.57. The molecule has 3 rings (SSSR count). The number of hydrogen-bond donors (Lipinski definition) is 1. The Labute approximate surface area is 133 Å². The van der Waals surface area contributed by atoms with Crippen molar-refractivity contribution < 1.29 is 9.53 Å². The molecule has 112 valence electrons. The van der Waals surface area contributed by atoms with Crippen LogP contribution in [0.25, 0.3) is 10.9 Å². The van der Waals surface area contributed by atoms with E-state index in [-0.39, 0.29) is 18.6 Å². The molecule has 1 N–H and O–H groups in total. The van der Waals surface area contributed by atoms with E-state index in [4.69, 9.17) is 27.9 Å². The van der Waals surface area contributed by atoms with Crippen LogP contribution >= 0.6 is 23.2 Å². The molecule has 0 unspecified atom stereocenters. The maximum absolute atomic E-state index is 12.1. The fourth-order valence-electron chi connectivity index (χ4n) is 3.08. The summed E-state index contributed by atoms with van der Waals surface area (Å²) < 4.78 is 4.96. The lowest BCUT2D eigenvalue weighted by Gasteiger charge is -2.33. The number of aromatic nitrogens is 1. The van der Waals surface area contributed by atoms with Crippen molar-refractivity contribution in [2.24, 2.45) is 0 Å². The van der Waals surface area contributed by atoms with E-state index in [2.05, 4.69) is 4.98 Å². The van der Waals surface area contributed by atoms with Crippen LogP contribution in [0.1, 0.15) is 24.2 Å². The van der Waals surface area contributed by atoms with Gasteiger partial charge in [-0.2, -0.15) is 0 Å². The molecular formula is C15H16Cl2N2O2. The Balaban J connectivity index is 2.09. The van der Waals surface area contributed by atoms with Gasteiger partial charge < -0.3 is 14.6 Å². The molecule has 0 saturated heterocycles. The van der Waals surface area contributed by atoms with Gasteiger partial charge in [-0.15, -0.1) is 0 Å². The summed E-state index contributed by atoms with van der Waals surface area (Å²) in [6.07, 6.45) is 0.776. The molecule has 1 aliphatic heterocycles. The van der Waals surface area contributed by atoms with Gasteiger partial charge in [0.15, 0.2) is 0 Å². The maximum atomic E-state index is 12.1. The number of H-pyrrole nitrogens is 1. The molecule has 2 aromatic rings. The molecule has 6 heteroatoms. The second-order valence-electron chi connectivity index (χ2n) is 5.25. The number of carbonyl (C=O) groups is 1. The van der Waals surface area contributed by atoms with E-state index in [1.165, 1.54) is 7.11 Å². The van der Waals surface area contributed by atoms with Crippen molar-refractivity contribution in [3.63, 3.8) is 0 Å². The molecule has 0 spiro atoms. The summed E-state index contributed by atoms with van der Waals surface area (Å²) in [4.78, 5) is 17.4. The molecule has 0 aliphatic carbocycles. The van der Waals surface area contributed by atoms with Crippen LogP contribution < -0.4 is 0 Å². The Kier molecular flexibility index (Phi) is 3.86. The molecule has 0 saturated carbocycles. The number of rotatable bonds is 2. The first-order chi connectivity index (χ1) is 10.0. The van der Waals surface area contributed by atoms with E-state index in [0.29, 0.717) is 16.6 Å². The number of nitrogens with one attached hydrogen (secondary N) is 1. The largest absolute Gasteiger partial charge is 0.375 e. The summed E-state index contributed by atoms with van der Waals surface area (Å²) in [5.41, 5.74) is 3.10. The standard InChI is InChI=1S/C15H16Cl2N2O2/c1-8-13-9-3-4-10(16)14(17)15(9)18-11(13)5-6-19(8)12(20)7-21-2/h3-4,8,18H,5-7H2,1-2H3/t8-/m1/s1. The van der Waals surface area contributed by atoms with Crippen LogP contribution in [0.4, 0.5) is 0 Å². The predicted octanol–water partition coefficient (Wildman–Crippen LogP) is 3.57. The number of methoxy groups -OCH3 is 1. The van der Waals surface area contributed by atoms with Gasteiger partial charge in [-0.3, -0.25) is 4.79 Å². The summed E-state index contributed by atoms with van der Waals surface area (Å²) in [6.45, 7) is 2.81. The minimum absolute atomic E-state index is 0.00469. The van der Waals surface area contributed by atoms with E-state index < -0.39 is 0 Å². The van der Waals surface area contributed by atoms with Crippen molar-refractivity contribution in [3.05, 3.63) is 33.4 Å². The van der Waals surface area contributed by atoms with Crippen LogP contribution in [0.2, 0.25) is 10.0 Å². The Morgan fingerprint density at radius 3 is 2.95 bits per heavy atom. The van der Waals surface area contributed by atoms with E-state index in [9.17, 15) is 4.79 Å². The van der Waals surface area contributed by atoms with Gasteiger partial charge in [-0.1, -0.05) is 29.3 Å². The number of halogens is 2. The van der Waals surface area contributed by atoms with Crippen molar-refractivity contribution in [1.82, 2.24) is 9.88 Å². The number of carbonyl (C=O) groups excluding carboxylic acids is 1. The highest BCUT2D eigenvalue weighted by molar-refractivity contribution is 6.45. The van der Waals surface area contributed by atoms with Gasteiger partial charge in [0.25, 0.3) is 0 Å². The smallest absolute Gasteiger partial charge is 0.249 e. The SMILES string of the molecule is COCC(=O)N1CCc2[nH]c3c(Cl)c(Cl)ccc3c2[C@H]1C. The third kappa shape index (κ3) is 2.31. The highest BCUT2D eigenvalue weighted by Gasteiger charge is 2.30. The molecule has 1 aromatic heterocycles. The minimum atomic E-state index is -0.0117. The highest BCUT2D eigenvalue weighted by atomic mass is 35.5. The van der Waals surface area contributed by atoms with Crippen molar-refractivity contribution >= 4 is 40.0 Å². The molecule has 1 amide bonds. The number of aromatic amines is 1. The molecule has 0 radical (unpaired) electrons. The summed E-state index contributed by atoms with van der Waals surface area (Å²) in [6, 6.07) is 3.74. The van der Waals surface area contributed by atoms with Gasteiger partial charge in [-0.05, 0) is 13.0 Å². The van der Waals surface area contributed by atoms with Gasteiger partial charge in [0.05, 0.1) is 21.6 Å². The van der Waals surface area contributed by atoms with Crippen LogP contribution in [0, 0.1) is 0 Å². The van der Waals surface area contributed by atoms with Gasteiger partial charge >= 0.3 is 0 Å². The molecule has 4 nitrogen and oxygen atoms in total. The topological polar surface area (TPSA) is 45.3 Å². The second-order valence-corrected chi connectivity index (χ2v) is 6.03. The average molecular weight is 327 g/mol. The number of hydrogen-bond acceptors (Lipinski definition) is 2. The normalized spacial score (nSPS) is 18.1. The maximum Gasteiger partial charge on any atom is 0.249 e. The van der Waals surface area contributed by atoms with E-state index >= 15 is 0 Å². The molecule has 1 aromatic carbocycles. The summed E-state index contributed by atoms with van der Waals surface area (Å²) in [7, 11) is 1.53. The van der Waals surface area contributed by atoms with Gasteiger partial charge in [0.1, 0.15) is 6.61 Å². The molecule has 0 bridgehead atoms. The van der Waals surface area contributed by atoms with Gasteiger partial charge in [0, 0.05) is 36.7 Å². The van der Waals surface area contributed by atoms with Gasteiger partial charge in [-0.25, -0.2) is 0 Å². The average Bonchev–Trinajstić information content (AvgIpc) is 2.83. The lowest BCUT2D eigenvalue weighted by atomic mass is 9.97. The molecular weight excluding hydrogens is 311 g/mol. The molecule has 0 fully saturated rings. The second kappa shape index (κ2) is 5.52. The van der Waals surface area contributed by atoms with Crippen LogP contribution in [0.3, 0.4) is 0 Å². The summed E-state index contributed by atoms with van der Waals surface area (Å²) in [5, 5.41) is 2.09. The number of benzene rings is 1. The van der Waals surface area contributed by atoms with E-state index in [1.807, 2.05) is 17.9 Å². The fraction of sp³-hybridized carbons (Fsp3) is 0.400. The molecule has 1 atom stereocenters. The third-order valence-electron chi connectivity index (χ3n) is 4.06. The molecule has 21 heavy (non-hydrogen) atoms. The fourth-order valence-corrected chi connectivity index (χ4v) is 3.45. The third-order valence-corrected chi connectivity index (χ3v) is 4.87. The zero-order chi connectivity index (χ0) is 15.1. The highest BCUT2D eigenvalue weighted by Crippen LogP contribution is 2.39. The van der Waals surface area contributed by atoms with Crippen LogP contribution in [0.15, 0.2) is 12.1 Å². The Morgan fingerprint density at radius 1 is 1.48 bits per heavy atom. The molecule has 2 heterocycles. The quantitative estimate of drug-likeness (QED) is 0.916. The first-order valence-electron chi connectivity index (χ1n) is 6.81. The monoisotopic (exact) mass is 326 g/mol. The van der Waals surface area contributed by atoms with E-state index in [0.717, 1.165) is 28.6 Å². The predicted molar refractivity (Wildman–Crippen MR) is 84.0 cm³/mol. The zero-order valence-electron chi connectivity index (χ0n) is 11.9. The molecule has 1 aliphatic rings. The number of ether oxygens (including phenoxy) is 1. The van der Waals surface area contributed by atoms with Gasteiger partial charge in [0.2, 0.25) is 5.91 Å². The van der Waals surface area contributed by atoms with Crippen molar-refractivity contribution in [2.75, 3.05) is 20.3 Å². The Bertz CT molecular complexity index is 711. The zero-order valence-corrected chi connectivity index (χ0v) is 13.4. The lowest BCUT2D eigenvalue weighted by molar-refractivity contribution is -0.137. The lowest BCUT2D eigenvalue weighted by Crippen LogP contribution is -2.40. The van der Waals surface area contributed by atoms with Crippen LogP contribution in [-0.4, -0.2) is 36.1 Å². The van der Waals surface area contributed by atoms with Crippen LogP contribution in [0.5, 0.6) is 0 Å². The van der Waals surface area contributed by atoms with Crippen LogP contribution in [-0.2, 0) is 16.0 Å². The summed E-state index contributed by atoms with van der Waals surface area (Å²) >= 11 is 12.4. The number of amides is 1. The van der Waals surface area contributed by atoms with Crippen molar-refractivity contribution in [3.8, 4) is 0 Å². The first kappa shape index (κ1) is 14.7. The van der Waals surface area contributed by atoms with E-state index in [1.54, 1.807) is 6.07 Å². The van der Waals surface area contributed by atoms with Crippen molar-refractivity contribution in [2.45, 2.75) is 19.4 Å². The summed E-state index contributed by atoms with van der Waals surface area (Å²) in [5.74, 6) is 0.00469. The Morgan fingerprint density at radius 2 is 2.24 bits per heavy atom. The number of nitrogens with zero attached hydrogens (tertiary/aromatic N) is 1.